The van der Waals surface area contributed by atoms with Crippen molar-refractivity contribution in [2.75, 3.05) is 0 Å². The van der Waals surface area contributed by atoms with Crippen molar-refractivity contribution in [3.63, 3.8) is 0 Å². The van der Waals surface area contributed by atoms with E-state index in [-0.39, 0.29) is 36.2 Å². The van der Waals surface area contributed by atoms with Crippen LogP contribution in [-0.2, 0) is 19.1 Å². The van der Waals surface area contributed by atoms with Crippen LogP contribution < -0.4 is 4.74 Å². The fraction of sp³-hybridized carbons (Fsp3) is 0.613. The first-order chi connectivity index (χ1) is 18.1. The maximum absolute atomic E-state index is 13.3. The van der Waals surface area contributed by atoms with Gasteiger partial charge in [0.1, 0.15) is 18.0 Å². The predicted molar refractivity (Wildman–Crippen MR) is 143 cm³/mol. The van der Waals surface area contributed by atoms with E-state index in [9.17, 15) is 19.8 Å². The number of hydrogen-bond acceptors (Lipinski definition) is 7. The van der Waals surface area contributed by atoms with Gasteiger partial charge in [0.25, 0.3) is 0 Å². The van der Waals surface area contributed by atoms with Gasteiger partial charge in [0, 0.05) is 18.8 Å². The molecule has 3 unspecified atom stereocenters. The molecule has 7 nitrogen and oxygen atoms in total. The van der Waals surface area contributed by atoms with E-state index in [2.05, 4.69) is 26.8 Å². The molecule has 1 heterocycles. The Morgan fingerprint density at radius 3 is 2.53 bits per heavy atom. The highest BCUT2D eigenvalue weighted by atomic mass is 16.6. The van der Waals surface area contributed by atoms with E-state index >= 15 is 0 Å². The molecule has 3 aliphatic rings. The Bertz CT molecular complexity index is 1030. The van der Waals surface area contributed by atoms with E-state index in [1.807, 2.05) is 43.3 Å². The minimum absolute atomic E-state index is 0.0486. The number of rotatable bonds is 9. The van der Waals surface area contributed by atoms with E-state index in [0.29, 0.717) is 37.4 Å². The average Bonchev–Trinajstić information content (AvgIpc) is 2.86. The molecule has 2 aliphatic carbocycles. The summed E-state index contributed by atoms with van der Waals surface area (Å²) >= 11 is 0. The first kappa shape index (κ1) is 28.4. The molecule has 1 aliphatic heterocycles. The second kappa shape index (κ2) is 12.5. The second-order valence-corrected chi connectivity index (χ2v) is 11.4. The van der Waals surface area contributed by atoms with Crippen LogP contribution >= 0.6 is 0 Å². The average molecular weight is 527 g/mol. The van der Waals surface area contributed by atoms with E-state index in [1.54, 1.807) is 0 Å². The maximum Gasteiger partial charge on any atom is 0.347 e. The first-order valence-electron chi connectivity index (χ1n) is 14.1. The lowest BCUT2D eigenvalue weighted by molar-refractivity contribution is -0.165. The molecule has 4 rings (SSSR count). The summed E-state index contributed by atoms with van der Waals surface area (Å²) in [6.07, 6.45) is 5.77. The predicted octanol–water partition coefficient (Wildman–Crippen LogP) is 4.86. The lowest BCUT2D eigenvalue weighted by Gasteiger charge is -2.43. The molecule has 1 fully saturated rings. The van der Waals surface area contributed by atoms with Crippen LogP contribution in [0.15, 0.2) is 48.1 Å². The van der Waals surface area contributed by atoms with Crippen LogP contribution in [0.2, 0.25) is 0 Å². The third-order valence-corrected chi connectivity index (χ3v) is 8.16. The molecular formula is C31H42O7. The summed E-state index contributed by atoms with van der Waals surface area (Å²) < 4.78 is 17.6. The number of carbonyl (C=O) groups excluding carboxylic acids is 2. The molecule has 2 N–H and O–H groups in total. The number of ether oxygens (including phenoxy) is 3. The van der Waals surface area contributed by atoms with Gasteiger partial charge in [-0.1, -0.05) is 58.1 Å². The van der Waals surface area contributed by atoms with Gasteiger partial charge in [0.2, 0.25) is 0 Å². The van der Waals surface area contributed by atoms with Crippen molar-refractivity contribution in [3.8, 4) is 5.75 Å². The van der Waals surface area contributed by atoms with Gasteiger partial charge in [0.15, 0.2) is 6.10 Å². The van der Waals surface area contributed by atoms with Gasteiger partial charge >= 0.3 is 11.9 Å². The molecule has 0 bridgehead atoms. The molecule has 0 amide bonds. The molecule has 1 aromatic carbocycles. The molecule has 0 saturated carbocycles. The number of aliphatic hydroxyl groups excluding tert-OH is 2. The summed E-state index contributed by atoms with van der Waals surface area (Å²) in [5, 5.41) is 20.6. The van der Waals surface area contributed by atoms with Crippen LogP contribution in [0.5, 0.6) is 5.75 Å². The van der Waals surface area contributed by atoms with Gasteiger partial charge in [-0.3, -0.25) is 4.79 Å². The van der Waals surface area contributed by atoms with Gasteiger partial charge in [-0.2, -0.15) is 0 Å². The Balaban J connectivity index is 1.45. The second-order valence-electron chi connectivity index (χ2n) is 11.4. The van der Waals surface area contributed by atoms with Gasteiger partial charge < -0.3 is 24.4 Å². The highest BCUT2D eigenvalue weighted by Gasteiger charge is 2.43. The van der Waals surface area contributed by atoms with Crippen molar-refractivity contribution in [3.05, 3.63) is 53.6 Å². The summed E-state index contributed by atoms with van der Waals surface area (Å²) in [5.74, 6) is 0.529. The van der Waals surface area contributed by atoms with Crippen molar-refractivity contribution < 1.29 is 34.0 Å². The molecule has 7 heteroatoms. The van der Waals surface area contributed by atoms with E-state index in [1.165, 1.54) is 5.56 Å². The number of cyclic esters (lactones) is 1. The zero-order chi connectivity index (χ0) is 27.4. The minimum atomic E-state index is -0.746. The lowest BCUT2D eigenvalue weighted by Crippen LogP contribution is -2.44. The van der Waals surface area contributed by atoms with Crippen molar-refractivity contribution >= 4 is 11.9 Å². The van der Waals surface area contributed by atoms with Crippen LogP contribution in [0.25, 0.3) is 0 Å². The maximum atomic E-state index is 13.3. The number of esters is 2. The van der Waals surface area contributed by atoms with E-state index < -0.39 is 30.4 Å². The minimum Gasteiger partial charge on any atom is -0.479 e. The van der Waals surface area contributed by atoms with Gasteiger partial charge in [0.05, 0.1) is 18.6 Å². The van der Waals surface area contributed by atoms with Crippen LogP contribution in [0.4, 0.5) is 0 Å². The van der Waals surface area contributed by atoms with Crippen molar-refractivity contribution in [1.82, 2.24) is 0 Å². The fourth-order valence-electron chi connectivity index (χ4n) is 6.02. The van der Waals surface area contributed by atoms with Gasteiger partial charge in [-0.15, -0.1) is 0 Å². The summed E-state index contributed by atoms with van der Waals surface area (Å²) in [5.41, 5.74) is 2.18. The topological polar surface area (TPSA) is 102 Å². The Hall–Kier alpha value is -2.64. The summed E-state index contributed by atoms with van der Waals surface area (Å²) in [4.78, 5) is 25.1. The Morgan fingerprint density at radius 1 is 1.13 bits per heavy atom. The molecule has 0 spiro atoms. The smallest absolute Gasteiger partial charge is 0.347 e. The van der Waals surface area contributed by atoms with Crippen LogP contribution in [-0.4, -0.2) is 52.7 Å². The van der Waals surface area contributed by atoms with Crippen molar-refractivity contribution in [2.45, 2.75) is 103 Å². The molecule has 38 heavy (non-hydrogen) atoms. The van der Waals surface area contributed by atoms with Crippen LogP contribution in [0.3, 0.4) is 0 Å². The molecule has 208 valence electrons. The Morgan fingerprint density at radius 2 is 1.87 bits per heavy atom. The standard InChI is InChI=1S/C31H42O7/c1-5-27(36-24-10-8-20(9-11-24)18(2)3)31(35)38-28-16-22(32)14-21-7-6-19(4)26(30(21)28)13-12-25-15-23(33)17-29(34)37-25/h6-11,14,18-19,22-23,25-28,30,32-33H,5,12-13,15-17H2,1-4H3/t19-,22+,23?,25?,26-,27?,28-,30-/m0/s1. The summed E-state index contributed by atoms with van der Waals surface area (Å²) in [6, 6.07) is 7.79. The highest BCUT2D eigenvalue weighted by Crippen LogP contribution is 2.44. The van der Waals surface area contributed by atoms with E-state index in [4.69, 9.17) is 14.2 Å². The molecule has 1 saturated heterocycles. The molecular weight excluding hydrogens is 484 g/mol. The van der Waals surface area contributed by atoms with Gasteiger partial charge in [-0.25, -0.2) is 4.79 Å². The first-order valence-corrected chi connectivity index (χ1v) is 14.1. The highest BCUT2D eigenvalue weighted by molar-refractivity contribution is 5.75. The third kappa shape index (κ3) is 6.86. The Kier molecular flexibility index (Phi) is 9.32. The zero-order valence-electron chi connectivity index (χ0n) is 22.9. The Labute approximate surface area is 225 Å². The molecule has 0 radical (unpaired) electrons. The SMILES string of the molecule is CCC(Oc1ccc(C(C)C)cc1)C(=O)O[C@H]1C[C@H](O)C=C2C=C[C@H](C)[C@H](CCC3CC(O)CC(=O)O3)[C@H]21. The summed E-state index contributed by atoms with van der Waals surface area (Å²) in [6.45, 7) is 8.29. The summed E-state index contributed by atoms with van der Waals surface area (Å²) in [7, 11) is 0. The number of carbonyl (C=O) groups is 2. The number of allylic oxidation sites excluding steroid dienone is 2. The lowest BCUT2D eigenvalue weighted by atomic mass is 9.66. The third-order valence-electron chi connectivity index (χ3n) is 8.16. The quantitative estimate of drug-likeness (QED) is 0.443. The number of aliphatic hydroxyl groups is 2. The van der Waals surface area contributed by atoms with Crippen molar-refractivity contribution in [2.24, 2.45) is 17.8 Å². The van der Waals surface area contributed by atoms with Gasteiger partial charge in [-0.05, 0) is 60.3 Å². The van der Waals surface area contributed by atoms with Crippen LogP contribution in [0.1, 0.15) is 77.7 Å². The number of fused-ring (bicyclic) bond motifs is 1. The van der Waals surface area contributed by atoms with Crippen LogP contribution in [0, 0.1) is 17.8 Å². The molecule has 8 atom stereocenters. The van der Waals surface area contributed by atoms with Crippen molar-refractivity contribution in [1.29, 1.82) is 0 Å². The zero-order valence-corrected chi connectivity index (χ0v) is 22.9. The van der Waals surface area contributed by atoms with E-state index in [0.717, 1.165) is 12.0 Å². The normalized spacial score (nSPS) is 31.7. The fourth-order valence-corrected chi connectivity index (χ4v) is 6.02. The molecule has 1 aromatic rings. The monoisotopic (exact) mass is 526 g/mol. The number of hydrogen-bond donors (Lipinski definition) is 2. The largest absolute Gasteiger partial charge is 0.479 e. The molecule has 0 aromatic heterocycles. The number of benzene rings is 1.